The van der Waals surface area contributed by atoms with Crippen LogP contribution in [-0.4, -0.2) is 12.5 Å². The number of hydrogen-bond donors (Lipinski definition) is 2. The van der Waals surface area contributed by atoms with Gasteiger partial charge in [-0.3, -0.25) is 10.1 Å². The number of anilines is 1. The van der Waals surface area contributed by atoms with E-state index in [0.29, 0.717) is 20.8 Å². The van der Waals surface area contributed by atoms with Crippen molar-refractivity contribution in [2.24, 2.45) is 0 Å². The zero-order valence-corrected chi connectivity index (χ0v) is 16.5. The molecule has 0 heterocycles. The number of amides is 1. The third-order valence-electron chi connectivity index (χ3n) is 4.02. The topological polar surface area (TPSA) is 41.1 Å². The normalized spacial score (nSPS) is 10.8. The zero-order chi connectivity index (χ0) is 19.2. The number of benzene rings is 3. The predicted octanol–water partition coefficient (Wildman–Crippen LogP) is 5.96. The molecule has 3 aromatic carbocycles. The molecule has 0 aliphatic rings. The van der Waals surface area contributed by atoms with E-state index in [1.165, 1.54) is 12.1 Å². The Bertz CT molecular complexity index is 878. The number of rotatable bonds is 6. The van der Waals surface area contributed by atoms with E-state index in [9.17, 15) is 4.79 Å². The van der Waals surface area contributed by atoms with Crippen LogP contribution >= 0.6 is 34.8 Å². The van der Waals surface area contributed by atoms with Crippen molar-refractivity contribution in [3.8, 4) is 0 Å². The third-order valence-corrected chi connectivity index (χ3v) is 5.05. The maximum Gasteiger partial charge on any atom is 0.238 e. The lowest BCUT2D eigenvalue weighted by Crippen LogP contribution is -2.32. The van der Waals surface area contributed by atoms with Crippen molar-refractivity contribution in [3.05, 3.63) is 99.0 Å². The molecule has 0 aliphatic carbocycles. The molecule has 0 radical (unpaired) electrons. The molecule has 0 spiro atoms. The lowest BCUT2D eigenvalue weighted by Gasteiger charge is -2.20. The predicted molar refractivity (Wildman–Crippen MR) is 113 cm³/mol. The number of hydrogen-bond acceptors (Lipinski definition) is 2. The summed E-state index contributed by atoms with van der Waals surface area (Å²) in [5.41, 5.74) is 2.57. The first kappa shape index (κ1) is 19.7. The van der Waals surface area contributed by atoms with Crippen LogP contribution in [0.2, 0.25) is 15.1 Å². The van der Waals surface area contributed by atoms with Gasteiger partial charge in [-0.25, -0.2) is 0 Å². The summed E-state index contributed by atoms with van der Waals surface area (Å²) in [7, 11) is 0. The molecular formula is C21H17Cl3N2O. The molecule has 0 bridgehead atoms. The van der Waals surface area contributed by atoms with Crippen LogP contribution in [0.25, 0.3) is 0 Å². The molecule has 2 N–H and O–H groups in total. The highest BCUT2D eigenvalue weighted by Gasteiger charge is 2.15. The fraction of sp³-hybridized carbons (Fsp3) is 0.0952. The molecule has 0 unspecified atom stereocenters. The maximum absolute atomic E-state index is 12.4. The van der Waals surface area contributed by atoms with E-state index < -0.39 is 0 Å². The lowest BCUT2D eigenvalue weighted by molar-refractivity contribution is -0.115. The van der Waals surface area contributed by atoms with Crippen LogP contribution in [0.15, 0.2) is 72.8 Å². The van der Waals surface area contributed by atoms with Crippen LogP contribution in [-0.2, 0) is 4.79 Å². The fourth-order valence-corrected chi connectivity index (χ4v) is 3.32. The molecule has 0 saturated carbocycles. The van der Waals surface area contributed by atoms with Gasteiger partial charge in [-0.15, -0.1) is 0 Å². The van der Waals surface area contributed by atoms with Gasteiger partial charge < -0.3 is 5.32 Å². The molecule has 0 aromatic heterocycles. The molecule has 138 valence electrons. The van der Waals surface area contributed by atoms with Crippen molar-refractivity contribution >= 4 is 46.4 Å². The van der Waals surface area contributed by atoms with Crippen molar-refractivity contribution in [3.63, 3.8) is 0 Å². The van der Waals surface area contributed by atoms with Crippen molar-refractivity contribution < 1.29 is 4.79 Å². The van der Waals surface area contributed by atoms with Crippen LogP contribution in [0.5, 0.6) is 0 Å². The van der Waals surface area contributed by atoms with Gasteiger partial charge in [-0.1, -0.05) is 95.5 Å². The van der Waals surface area contributed by atoms with Crippen LogP contribution < -0.4 is 10.6 Å². The number of nitrogens with one attached hydrogen (secondary N) is 2. The maximum atomic E-state index is 12.4. The molecular weight excluding hydrogens is 403 g/mol. The van der Waals surface area contributed by atoms with Gasteiger partial charge in [0.25, 0.3) is 0 Å². The summed E-state index contributed by atoms with van der Waals surface area (Å²) in [5.74, 6) is -0.229. The molecule has 0 fully saturated rings. The quantitative estimate of drug-likeness (QED) is 0.484. The van der Waals surface area contributed by atoms with Gasteiger partial charge >= 0.3 is 0 Å². The summed E-state index contributed by atoms with van der Waals surface area (Å²) in [6.07, 6.45) is 0. The summed E-state index contributed by atoms with van der Waals surface area (Å²) in [5, 5.41) is 7.07. The summed E-state index contributed by atoms with van der Waals surface area (Å²) in [4.78, 5) is 12.4. The Balaban J connectivity index is 1.72. The second-order valence-electron chi connectivity index (χ2n) is 5.93. The van der Waals surface area contributed by atoms with E-state index in [-0.39, 0.29) is 18.5 Å². The molecule has 0 saturated heterocycles. The SMILES string of the molecule is O=C(CNC(c1ccccc1)c1ccccc1)Nc1cc(Cl)c(Cl)cc1Cl. The highest BCUT2D eigenvalue weighted by atomic mass is 35.5. The van der Waals surface area contributed by atoms with Gasteiger partial charge in [-0.2, -0.15) is 0 Å². The van der Waals surface area contributed by atoms with Crippen LogP contribution in [0.1, 0.15) is 17.2 Å². The van der Waals surface area contributed by atoms with E-state index in [0.717, 1.165) is 11.1 Å². The molecule has 1 amide bonds. The monoisotopic (exact) mass is 418 g/mol. The van der Waals surface area contributed by atoms with Gasteiger partial charge in [0.15, 0.2) is 0 Å². The van der Waals surface area contributed by atoms with E-state index in [2.05, 4.69) is 10.6 Å². The summed E-state index contributed by atoms with van der Waals surface area (Å²) >= 11 is 18.0. The van der Waals surface area contributed by atoms with Gasteiger partial charge in [-0.05, 0) is 23.3 Å². The molecule has 0 atom stereocenters. The Morgan fingerprint density at radius 3 is 1.85 bits per heavy atom. The Kier molecular flexibility index (Phi) is 6.75. The minimum absolute atomic E-state index is 0.102. The van der Waals surface area contributed by atoms with Gasteiger partial charge in [0.1, 0.15) is 0 Å². The Hall–Kier alpha value is -2.04. The Morgan fingerprint density at radius 1 is 0.778 bits per heavy atom. The van der Waals surface area contributed by atoms with Crippen molar-refractivity contribution in [2.75, 3.05) is 11.9 Å². The van der Waals surface area contributed by atoms with Crippen LogP contribution in [0, 0.1) is 0 Å². The second kappa shape index (κ2) is 9.25. The minimum atomic E-state index is -0.229. The highest BCUT2D eigenvalue weighted by Crippen LogP contribution is 2.32. The summed E-state index contributed by atoms with van der Waals surface area (Å²) in [6.45, 7) is 0.102. The van der Waals surface area contributed by atoms with E-state index in [4.69, 9.17) is 34.8 Å². The Labute approximate surface area is 173 Å². The summed E-state index contributed by atoms with van der Waals surface area (Å²) < 4.78 is 0. The molecule has 0 aliphatic heterocycles. The number of halogens is 3. The minimum Gasteiger partial charge on any atom is -0.324 e. The Morgan fingerprint density at radius 2 is 1.30 bits per heavy atom. The fourth-order valence-electron chi connectivity index (χ4n) is 2.73. The smallest absolute Gasteiger partial charge is 0.238 e. The molecule has 3 rings (SSSR count). The third kappa shape index (κ3) is 5.24. The van der Waals surface area contributed by atoms with E-state index >= 15 is 0 Å². The van der Waals surface area contributed by atoms with Crippen LogP contribution in [0.3, 0.4) is 0 Å². The molecule has 3 nitrogen and oxygen atoms in total. The van der Waals surface area contributed by atoms with Crippen molar-refractivity contribution in [2.45, 2.75) is 6.04 Å². The van der Waals surface area contributed by atoms with Crippen molar-refractivity contribution in [1.29, 1.82) is 0 Å². The largest absolute Gasteiger partial charge is 0.324 e. The van der Waals surface area contributed by atoms with Gasteiger partial charge in [0.2, 0.25) is 5.91 Å². The molecule has 27 heavy (non-hydrogen) atoms. The number of carbonyl (C=O) groups excluding carboxylic acids is 1. The van der Waals surface area contributed by atoms with Crippen molar-refractivity contribution in [1.82, 2.24) is 5.32 Å². The van der Waals surface area contributed by atoms with E-state index in [1.807, 2.05) is 60.7 Å². The lowest BCUT2D eigenvalue weighted by atomic mass is 9.99. The molecule has 3 aromatic rings. The average molecular weight is 420 g/mol. The number of carbonyl (C=O) groups is 1. The summed E-state index contributed by atoms with van der Waals surface area (Å²) in [6, 6.07) is 22.9. The first-order chi connectivity index (χ1) is 13.0. The second-order valence-corrected chi connectivity index (χ2v) is 7.15. The molecule has 6 heteroatoms. The first-order valence-corrected chi connectivity index (χ1v) is 9.45. The van der Waals surface area contributed by atoms with Crippen LogP contribution in [0.4, 0.5) is 5.69 Å². The highest BCUT2D eigenvalue weighted by molar-refractivity contribution is 6.44. The first-order valence-electron chi connectivity index (χ1n) is 8.32. The van der Waals surface area contributed by atoms with Gasteiger partial charge in [0, 0.05) is 0 Å². The zero-order valence-electron chi connectivity index (χ0n) is 14.3. The standard InChI is InChI=1S/C21H17Cl3N2O/c22-16-11-18(24)19(12-17(16)23)26-20(27)13-25-21(14-7-3-1-4-8-14)15-9-5-2-6-10-15/h1-12,21,25H,13H2,(H,26,27). The van der Waals surface area contributed by atoms with E-state index in [1.54, 1.807) is 0 Å². The average Bonchev–Trinajstić information content (AvgIpc) is 2.68. The van der Waals surface area contributed by atoms with Gasteiger partial charge in [0.05, 0.1) is 33.3 Å².